The van der Waals surface area contributed by atoms with Crippen LogP contribution in [-0.4, -0.2) is 32.1 Å². The van der Waals surface area contributed by atoms with Crippen LogP contribution in [0.1, 0.15) is 6.92 Å². The number of imidazole rings is 1. The highest BCUT2D eigenvalue weighted by Crippen LogP contribution is 2.28. The molecule has 2 aromatic heterocycles. The number of halogens is 2. The molecule has 4 aromatic rings. The van der Waals surface area contributed by atoms with Gasteiger partial charge in [0.2, 0.25) is 0 Å². The van der Waals surface area contributed by atoms with Gasteiger partial charge in [0.25, 0.3) is 0 Å². The third-order valence-electron chi connectivity index (χ3n) is 5.00. The van der Waals surface area contributed by atoms with Crippen LogP contribution in [0.4, 0.5) is 20.3 Å². The summed E-state index contributed by atoms with van der Waals surface area (Å²) in [6.45, 7) is 1.88. The van der Waals surface area contributed by atoms with Crippen molar-refractivity contribution in [1.82, 2.24) is 19.9 Å². The van der Waals surface area contributed by atoms with E-state index in [0.717, 1.165) is 10.6 Å². The van der Waals surface area contributed by atoms with E-state index in [2.05, 4.69) is 25.3 Å². The molecule has 3 heterocycles. The fourth-order valence-electron chi connectivity index (χ4n) is 3.60. The maximum Gasteiger partial charge on any atom is 0.182 e. The van der Waals surface area contributed by atoms with Crippen molar-refractivity contribution >= 4 is 28.9 Å². The molecule has 0 aliphatic carbocycles. The summed E-state index contributed by atoms with van der Waals surface area (Å²) < 4.78 is 29.3. The molecular weight excluding hydrogens is 388 g/mol. The van der Waals surface area contributed by atoms with Gasteiger partial charge in [-0.2, -0.15) is 0 Å². The molecule has 150 valence electrons. The Morgan fingerprint density at radius 1 is 1.03 bits per heavy atom. The van der Waals surface area contributed by atoms with E-state index in [1.54, 1.807) is 6.20 Å². The average Bonchev–Trinajstić information content (AvgIpc) is 3.23. The number of anilines is 2. The van der Waals surface area contributed by atoms with Crippen LogP contribution in [0, 0.1) is 11.6 Å². The molecule has 30 heavy (non-hydrogen) atoms. The number of para-hydroxylation sites is 2. The Bertz CT molecular complexity index is 1330. The first-order valence-corrected chi connectivity index (χ1v) is 9.39. The fourth-order valence-corrected chi connectivity index (χ4v) is 3.60. The first kappa shape index (κ1) is 18.2. The smallest absolute Gasteiger partial charge is 0.182 e. The van der Waals surface area contributed by atoms with Crippen LogP contribution < -0.4 is 20.8 Å². The summed E-state index contributed by atoms with van der Waals surface area (Å²) in [6, 6.07) is 10.9. The second kappa shape index (κ2) is 7.18. The first-order valence-electron chi connectivity index (χ1n) is 9.39. The number of aromatic nitrogens is 4. The highest BCUT2D eigenvalue weighted by atomic mass is 19.1. The molecule has 7 nitrogen and oxygen atoms in total. The van der Waals surface area contributed by atoms with Gasteiger partial charge in [0.05, 0.1) is 17.7 Å². The van der Waals surface area contributed by atoms with Crippen LogP contribution in [0.25, 0.3) is 17.4 Å². The van der Waals surface area contributed by atoms with Crippen molar-refractivity contribution in [3.05, 3.63) is 77.3 Å². The Hall–Kier alpha value is -3.88. The van der Waals surface area contributed by atoms with Crippen molar-refractivity contribution in [2.75, 3.05) is 10.2 Å². The van der Waals surface area contributed by atoms with Crippen molar-refractivity contribution in [2.24, 2.45) is 4.99 Å². The molecule has 2 aromatic carbocycles. The van der Waals surface area contributed by atoms with Crippen molar-refractivity contribution in [1.29, 1.82) is 0 Å². The lowest BCUT2D eigenvalue weighted by molar-refractivity contribution is 0.539. The van der Waals surface area contributed by atoms with Gasteiger partial charge in [-0.3, -0.25) is 4.99 Å². The number of hydrogen-bond acceptors (Lipinski definition) is 6. The number of nitrogens with one attached hydrogen (secondary N) is 2. The van der Waals surface area contributed by atoms with Crippen LogP contribution in [0.5, 0.6) is 0 Å². The van der Waals surface area contributed by atoms with Gasteiger partial charge in [0.1, 0.15) is 35.3 Å². The molecule has 9 heteroatoms. The number of nitrogens with zero attached hydrogens (tertiary/aromatic N) is 5. The zero-order chi connectivity index (χ0) is 20.7. The van der Waals surface area contributed by atoms with Gasteiger partial charge in [-0.1, -0.05) is 24.3 Å². The van der Waals surface area contributed by atoms with E-state index in [9.17, 15) is 8.78 Å². The quantitative estimate of drug-likeness (QED) is 0.545. The predicted octanol–water partition coefficient (Wildman–Crippen LogP) is 2.34. The monoisotopic (exact) mass is 405 g/mol. The zero-order valence-corrected chi connectivity index (χ0v) is 15.9. The normalized spacial score (nSPS) is 16.5. The number of fused-ring (bicyclic) bond motifs is 2. The molecule has 5 rings (SSSR count). The lowest BCUT2D eigenvalue weighted by atomic mass is 10.1. The largest absolute Gasteiger partial charge is 0.362 e. The van der Waals surface area contributed by atoms with E-state index in [-0.39, 0.29) is 11.7 Å². The summed E-state index contributed by atoms with van der Waals surface area (Å²) in [7, 11) is 0. The first-order chi connectivity index (χ1) is 14.6. The van der Waals surface area contributed by atoms with Crippen molar-refractivity contribution in [2.45, 2.75) is 19.1 Å². The molecule has 1 aliphatic heterocycles. The van der Waals surface area contributed by atoms with Crippen LogP contribution in [0.15, 0.2) is 60.1 Å². The maximum atomic E-state index is 14.6. The molecule has 2 unspecified atom stereocenters. The Labute approximate surface area is 169 Å². The summed E-state index contributed by atoms with van der Waals surface area (Å²) in [5, 5.41) is 4.82. The van der Waals surface area contributed by atoms with Gasteiger partial charge in [-0.05, 0) is 25.1 Å². The van der Waals surface area contributed by atoms with E-state index < -0.39 is 17.8 Å². The van der Waals surface area contributed by atoms with Crippen molar-refractivity contribution in [3.63, 3.8) is 0 Å². The van der Waals surface area contributed by atoms with Gasteiger partial charge in [0, 0.05) is 11.4 Å². The average molecular weight is 405 g/mol. The van der Waals surface area contributed by atoms with E-state index in [1.165, 1.54) is 35.8 Å². The predicted molar refractivity (Wildman–Crippen MR) is 109 cm³/mol. The molecule has 0 radical (unpaired) electrons. The summed E-state index contributed by atoms with van der Waals surface area (Å²) in [4.78, 5) is 21.8. The molecule has 1 aliphatic rings. The van der Waals surface area contributed by atoms with Gasteiger partial charge in [0.15, 0.2) is 11.5 Å². The highest BCUT2D eigenvalue weighted by Gasteiger charge is 2.29. The van der Waals surface area contributed by atoms with E-state index in [1.807, 2.05) is 31.2 Å². The standard InChI is InChI=1S/C21H17F2N7/c1-12(28-20-17-19(25-10-24-17)26-11-27-20)21-29-16-8-3-2-5-13(16)9-30(21)18-14(22)6-4-7-15(18)23/h2-12,21H,1H3,(H2,24,25,26,27,28). The number of H-pyrrole nitrogens is 1. The van der Waals surface area contributed by atoms with Crippen molar-refractivity contribution in [3.8, 4) is 0 Å². The minimum atomic E-state index is -0.656. The summed E-state index contributed by atoms with van der Waals surface area (Å²) in [5.74, 6) is -0.778. The summed E-state index contributed by atoms with van der Waals surface area (Å²) in [5.41, 5.74) is 1.02. The lowest BCUT2D eigenvalue weighted by Gasteiger charge is -2.34. The molecule has 2 N–H and O–H groups in total. The molecule has 0 saturated carbocycles. The zero-order valence-electron chi connectivity index (χ0n) is 15.9. The Morgan fingerprint density at radius 3 is 2.67 bits per heavy atom. The van der Waals surface area contributed by atoms with Gasteiger partial charge < -0.3 is 15.2 Å². The number of benzene rings is 2. The molecule has 0 amide bonds. The number of aromatic amines is 1. The third kappa shape index (κ3) is 3.04. The summed E-state index contributed by atoms with van der Waals surface area (Å²) >= 11 is 0. The van der Waals surface area contributed by atoms with Crippen molar-refractivity contribution < 1.29 is 8.78 Å². The SMILES string of the molecule is CC(Nc1ncnc2nc[nH]c12)C1N=c2ccccc2=CN1c1c(F)cccc1F. The summed E-state index contributed by atoms with van der Waals surface area (Å²) in [6.07, 6.45) is 4.04. The molecule has 2 atom stereocenters. The number of hydrogen-bond donors (Lipinski definition) is 2. The van der Waals surface area contributed by atoms with Crippen LogP contribution in [-0.2, 0) is 0 Å². The number of rotatable bonds is 4. The molecular formula is C21H17F2N7. The van der Waals surface area contributed by atoms with E-state index in [4.69, 9.17) is 4.99 Å². The molecule has 0 saturated heterocycles. The Kier molecular flexibility index (Phi) is 4.35. The van der Waals surface area contributed by atoms with Gasteiger partial charge in [-0.25, -0.2) is 23.7 Å². The molecule has 0 spiro atoms. The second-order valence-electron chi connectivity index (χ2n) is 6.96. The minimum Gasteiger partial charge on any atom is -0.362 e. The second-order valence-corrected chi connectivity index (χ2v) is 6.96. The third-order valence-corrected chi connectivity index (χ3v) is 5.00. The van der Waals surface area contributed by atoms with E-state index >= 15 is 0 Å². The fraction of sp³-hybridized carbons (Fsp3) is 0.143. The minimum absolute atomic E-state index is 0.149. The highest BCUT2D eigenvalue weighted by molar-refractivity contribution is 5.82. The maximum absolute atomic E-state index is 14.6. The topological polar surface area (TPSA) is 82.1 Å². The van der Waals surface area contributed by atoms with Gasteiger partial charge >= 0.3 is 0 Å². The molecule has 0 fully saturated rings. The molecule has 0 bridgehead atoms. The van der Waals surface area contributed by atoms with Crippen LogP contribution >= 0.6 is 0 Å². The van der Waals surface area contributed by atoms with Gasteiger partial charge in [-0.15, -0.1) is 0 Å². The Balaban J connectivity index is 1.60. The van der Waals surface area contributed by atoms with E-state index in [0.29, 0.717) is 17.0 Å². The Morgan fingerprint density at radius 2 is 1.83 bits per heavy atom. The van der Waals surface area contributed by atoms with Crippen LogP contribution in [0.3, 0.4) is 0 Å². The lowest BCUT2D eigenvalue weighted by Crippen LogP contribution is -2.49. The van der Waals surface area contributed by atoms with Crippen LogP contribution in [0.2, 0.25) is 0 Å².